The summed E-state index contributed by atoms with van der Waals surface area (Å²) in [5.41, 5.74) is 3.10. The molecular formula is C24H29N7O. The first kappa shape index (κ1) is 19.8. The molecule has 3 heterocycles. The molecule has 0 unspecified atom stereocenters. The highest BCUT2D eigenvalue weighted by Gasteiger charge is 2.71. The van der Waals surface area contributed by atoms with Crippen molar-refractivity contribution in [1.82, 2.24) is 29.8 Å². The molecule has 1 aromatic carbocycles. The van der Waals surface area contributed by atoms with Crippen molar-refractivity contribution in [1.29, 1.82) is 0 Å². The highest BCUT2D eigenvalue weighted by molar-refractivity contribution is 5.98. The first-order chi connectivity index (χ1) is 15.4. The first-order valence-corrected chi connectivity index (χ1v) is 11.4. The Kier molecular flexibility index (Phi) is 4.39. The third-order valence-corrected chi connectivity index (χ3v) is 7.64. The van der Waals surface area contributed by atoms with E-state index in [0.717, 1.165) is 74.0 Å². The van der Waals surface area contributed by atoms with Crippen LogP contribution in [0.3, 0.4) is 0 Å². The smallest absolute Gasteiger partial charge is 0.231 e. The van der Waals surface area contributed by atoms with Gasteiger partial charge in [0, 0.05) is 56.9 Å². The minimum atomic E-state index is -0.194. The number of nitrogens with zero attached hydrogens (tertiary/aromatic N) is 6. The SMILES string of the molecule is CN1CCN(CC23CC(C(=O)Nc4cc5cc(-c6cnn(C)c6)ccc5nn4)(C2)C3)CC1. The van der Waals surface area contributed by atoms with E-state index in [0.29, 0.717) is 11.2 Å². The number of carbonyl (C=O) groups excluding carboxylic acids is 1. The molecule has 8 nitrogen and oxygen atoms in total. The Balaban J connectivity index is 1.11. The molecule has 3 aromatic rings. The minimum absolute atomic E-state index is 0.106. The summed E-state index contributed by atoms with van der Waals surface area (Å²) in [6.07, 6.45) is 6.84. The molecule has 2 aromatic heterocycles. The van der Waals surface area contributed by atoms with Crippen molar-refractivity contribution in [3.8, 4) is 11.1 Å². The van der Waals surface area contributed by atoms with Gasteiger partial charge in [-0.25, -0.2) is 0 Å². The van der Waals surface area contributed by atoms with Crippen LogP contribution in [0.5, 0.6) is 0 Å². The molecule has 32 heavy (non-hydrogen) atoms. The van der Waals surface area contributed by atoms with Gasteiger partial charge in [0.1, 0.15) is 0 Å². The number of hydrogen-bond acceptors (Lipinski definition) is 6. The zero-order valence-corrected chi connectivity index (χ0v) is 18.7. The highest BCUT2D eigenvalue weighted by atomic mass is 16.2. The van der Waals surface area contributed by atoms with Gasteiger partial charge in [0.05, 0.1) is 17.1 Å². The summed E-state index contributed by atoms with van der Waals surface area (Å²) in [6, 6.07) is 7.97. The molecule has 3 aliphatic carbocycles. The van der Waals surface area contributed by atoms with Gasteiger partial charge in [-0.1, -0.05) is 6.07 Å². The summed E-state index contributed by atoms with van der Waals surface area (Å²) in [5, 5.41) is 16.8. The lowest BCUT2D eigenvalue weighted by Gasteiger charge is -2.70. The van der Waals surface area contributed by atoms with Gasteiger partial charge in [-0.2, -0.15) is 5.10 Å². The Morgan fingerprint density at radius 2 is 1.81 bits per heavy atom. The van der Waals surface area contributed by atoms with E-state index in [4.69, 9.17) is 0 Å². The number of benzene rings is 1. The summed E-state index contributed by atoms with van der Waals surface area (Å²) in [5.74, 6) is 0.637. The van der Waals surface area contributed by atoms with E-state index < -0.39 is 0 Å². The normalized spacial score (nSPS) is 27.7. The second-order valence-electron chi connectivity index (χ2n) is 10.3. The van der Waals surface area contributed by atoms with Crippen LogP contribution in [0.2, 0.25) is 0 Å². The second kappa shape index (κ2) is 7.08. The fourth-order valence-electron chi connectivity index (χ4n) is 5.99. The van der Waals surface area contributed by atoms with Crippen molar-refractivity contribution >= 4 is 22.6 Å². The van der Waals surface area contributed by atoms with Gasteiger partial charge in [-0.3, -0.25) is 9.48 Å². The topological polar surface area (TPSA) is 79.2 Å². The number of fused-ring (bicyclic) bond motifs is 1. The molecule has 4 aliphatic rings. The van der Waals surface area contributed by atoms with Crippen molar-refractivity contribution in [2.75, 3.05) is 45.1 Å². The molecule has 4 fully saturated rings. The first-order valence-electron chi connectivity index (χ1n) is 11.4. The third kappa shape index (κ3) is 3.29. The maximum Gasteiger partial charge on any atom is 0.231 e. The van der Waals surface area contributed by atoms with Crippen LogP contribution in [0, 0.1) is 10.8 Å². The Bertz CT molecular complexity index is 1170. The van der Waals surface area contributed by atoms with Gasteiger partial charge in [0.15, 0.2) is 5.82 Å². The zero-order chi connectivity index (χ0) is 21.9. The number of likely N-dealkylation sites (N-methyl/N-ethyl adjacent to an activating group) is 1. The second-order valence-corrected chi connectivity index (χ2v) is 10.3. The lowest BCUT2D eigenvalue weighted by atomic mass is 9.34. The van der Waals surface area contributed by atoms with Gasteiger partial charge < -0.3 is 15.1 Å². The van der Waals surface area contributed by atoms with Crippen LogP contribution in [0.25, 0.3) is 22.0 Å². The van der Waals surface area contributed by atoms with Gasteiger partial charge in [-0.05, 0) is 55.5 Å². The van der Waals surface area contributed by atoms with Gasteiger partial charge >= 0.3 is 0 Å². The maximum atomic E-state index is 13.0. The fraction of sp³-hybridized carbons (Fsp3) is 0.500. The molecule has 0 atom stereocenters. The third-order valence-electron chi connectivity index (χ3n) is 7.64. The molecule has 7 rings (SSSR count). The van der Waals surface area contributed by atoms with E-state index >= 15 is 0 Å². The van der Waals surface area contributed by atoms with Gasteiger partial charge in [0.25, 0.3) is 0 Å². The molecule has 0 spiro atoms. The number of carbonyl (C=O) groups is 1. The largest absolute Gasteiger partial charge is 0.309 e. The van der Waals surface area contributed by atoms with E-state index in [1.54, 1.807) is 4.68 Å². The lowest BCUT2D eigenvalue weighted by Crippen LogP contribution is -2.70. The van der Waals surface area contributed by atoms with Crippen LogP contribution in [0.1, 0.15) is 19.3 Å². The molecule has 166 valence electrons. The number of piperazine rings is 1. The molecule has 3 saturated carbocycles. The standard InChI is InChI=1S/C24H29N7O/c1-29-5-7-31(8-6-29)16-23-13-24(14-23,15-23)22(32)26-21-10-18-9-17(3-4-20(18)27-28-21)19-11-25-30(2)12-19/h3-4,9-12H,5-8,13-16H2,1-2H3,(H,26,28,32). The van der Waals surface area contributed by atoms with Crippen LogP contribution in [0.4, 0.5) is 5.82 Å². The molecule has 1 amide bonds. The molecule has 1 aliphatic heterocycles. The molecule has 8 heteroatoms. The van der Waals surface area contributed by atoms with Crippen LogP contribution >= 0.6 is 0 Å². The van der Waals surface area contributed by atoms with Crippen molar-refractivity contribution < 1.29 is 4.79 Å². The van der Waals surface area contributed by atoms with Crippen molar-refractivity contribution in [2.24, 2.45) is 17.9 Å². The highest BCUT2D eigenvalue weighted by Crippen LogP contribution is 2.73. The van der Waals surface area contributed by atoms with E-state index in [2.05, 4.69) is 43.5 Å². The van der Waals surface area contributed by atoms with E-state index in [1.165, 1.54) is 0 Å². The van der Waals surface area contributed by atoms with Crippen molar-refractivity contribution in [3.05, 3.63) is 36.7 Å². The number of rotatable bonds is 5. The quantitative estimate of drug-likeness (QED) is 0.668. The number of aromatic nitrogens is 4. The fourth-order valence-corrected chi connectivity index (χ4v) is 5.99. The average molecular weight is 432 g/mol. The Labute approximate surface area is 187 Å². The van der Waals surface area contributed by atoms with Gasteiger partial charge in [-0.15, -0.1) is 10.2 Å². The lowest BCUT2D eigenvalue weighted by molar-refractivity contribution is -0.210. The number of anilines is 1. The van der Waals surface area contributed by atoms with Crippen LogP contribution in [0.15, 0.2) is 36.7 Å². The molecule has 2 bridgehead atoms. The van der Waals surface area contributed by atoms with E-state index in [1.807, 2.05) is 37.6 Å². The van der Waals surface area contributed by atoms with E-state index in [9.17, 15) is 4.79 Å². The van der Waals surface area contributed by atoms with Crippen LogP contribution in [-0.4, -0.2) is 75.5 Å². The van der Waals surface area contributed by atoms with Crippen molar-refractivity contribution in [2.45, 2.75) is 19.3 Å². The summed E-state index contributed by atoms with van der Waals surface area (Å²) in [4.78, 5) is 18.0. The maximum absolute atomic E-state index is 13.0. The van der Waals surface area contributed by atoms with E-state index in [-0.39, 0.29) is 11.3 Å². The Morgan fingerprint density at radius 1 is 1.03 bits per heavy atom. The molecule has 0 radical (unpaired) electrons. The Hall–Kier alpha value is -2.84. The molecular weight excluding hydrogens is 402 g/mol. The number of nitrogens with one attached hydrogen (secondary N) is 1. The number of hydrogen-bond donors (Lipinski definition) is 1. The molecule has 1 saturated heterocycles. The predicted octanol–water partition coefficient (Wildman–Crippen LogP) is 2.39. The zero-order valence-electron chi connectivity index (χ0n) is 18.7. The van der Waals surface area contributed by atoms with Crippen LogP contribution in [-0.2, 0) is 11.8 Å². The van der Waals surface area contributed by atoms with Crippen LogP contribution < -0.4 is 5.32 Å². The molecule has 1 N–H and O–H groups in total. The summed E-state index contributed by atoms with van der Waals surface area (Å²) in [6.45, 7) is 5.72. The minimum Gasteiger partial charge on any atom is -0.309 e. The summed E-state index contributed by atoms with van der Waals surface area (Å²) < 4.78 is 1.79. The predicted molar refractivity (Wildman–Crippen MR) is 123 cm³/mol. The number of amides is 1. The van der Waals surface area contributed by atoms with Crippen molar-refractivity contribution in [3.63, 3.8) is 0 Å². The Morgan fingerprint density at radius 3 is 2.53 bits per heavy atom. The number of aryl methyl sites for hydroxylation is 1. The van der Waals surface area contributed by atoms with Gasteiger partial charge in [0.2, 0.25) is 5.91 Å². The summed E-state index contributed by atoms with van der Waals surface area (Å²) in [7, 11) is 4.09. The summed E-state index contributed by atoms with van der Waals surface area (Å²) >= 11 is 0. The average Bonchev–Trinajstić information content (AvgIpc) is 3.16. The monoisotopic (exact) mass is 431 g/mol.